The van der Waals surface area contributed by atoms with Crippen molar-refractivity contribution in [3.05, 3.63) is 12.2 Å². The molecule has 0 aromatic rings. The molecule has 0 aromatic heterocycles. The van der Waals surface area contributed by atoms with Gasteiger partial charge in [0.25, 0.3) is 0 Å². The zero-order chi connectivity index (χ0) is 45.9. The Morgan fingerprint density at radius 3 is 1.29 bits per heavy atom. The molecule has 0 aliphatic carbocycles. The molecule has 1 amide bonds. The second kappa shape index (κ2) is 44.7. The van der Waals surface area contributed by atoms with Crippen LogP contribution >= 0.6 is 0 Å². The van der Waals surface area contributed by atoms with Crippen molar-refractivity contribution in [2.45, 2.75) is 314 Å². The van der Waals surface area contributed by atoms with Gasteiger partial charge in [-0.15, -0.1) is 0 Å². The van der Waals surface area contributed by atoms with Crippen LogP contribution in [0.15, 0.2) is 12.2 Å². The smallest absolute Gasteiger partial charge is 0.220 e. The number of carbonyl (C=O) groups is 1. The number of nitrogens with one attached hydrogen (secondary N) is 1. The Morgan fingerprint density at radius 1 is 0.524 bits per heavy atom. The highest BCUT2D eigenvalue weighted by molar-refractivity contribution is 5.76. The molecule has 9 heteroatoms. The minimum Gasteiger partial charge on any atom is -0.394 e. The molecule has 1 aliphatic heterocycles. The number of ether oxygens (including phenoxy) is 2. The van der Waals surface area contributed by atoms with Crippen molar-refractivity contribution in [2.24, 2.45) is 0 Å². The molecule has 1 aliphatic rings. The van der Waals surface area contributed by atoms with Crippen LogP contribution in [0, 0.1) is 0 Å². The minimum absolute atomic E-state index is 0.137. The maximum atomic E-state index is 13.0. The number of rotatable bonds is 47. The van der Waals surface area contributed by atoms with Crippen LogP contribution in [0.4, 0.5) is 0 Å². The number of hydrogen-bond donors (Lipinski definition) is 6. The molecule has 1 rings (SSSR count). The Kier molecular flexibility index (Phi) is 42.6. The Balaban J connectivity index is 2.20. The summed E-state index contributed by atoms with van der Waals surface area (Å²) in [5.41, 5.74) is 0. The molecule has 0 bridgehead atoms. The summed E-state index contributed by atoms with van der Waals surface area (Å²) in [6.45, 7) is 3.85. The van der Waals surface area contributed by atoms with Crippen LogP contribution in [0.25, 0.3) is 0 Å². The van der Waals surface area contributed by atoms with Gasteiger partial charge in [-0.3, -0.25) is 4.79 Å². The lowest BCUT2D eigenvalue weighted by Crippen LogP contribution is -2.60. The number of carbonyl (C=O) groups excluding carboxylic acids is 1. The van der Waals surface area contributed by atoms with E-state index in [1.165, 1.54) is 193 Å². The Labute approximate surface area is 388 Å². The zero-order valence-electron chi connectivity index (χ0n) is 41.4. The van der Waals surface area contributed by atoms with Crippen LogP contribution in [0.3, 0.4) is 0 Å². The first-order valence-electron chi connectivity index (χ1n) is 27.4. The van der Waals surface area contributed by atoms with Gasteiger partial charge in [0.05, 0.1) is 25.4 Å². The summed E-state index contributed by atoms with van der Waals surface area (Å²) in [5.74, 6) is -0.149. The van der Waals surface area contributed by atoms with Crippen molar-refractivity contribution in [3.8, 4) is 0 Å². The van der Waals surface area contributed by atoms with Crippen molar-refractivity contribution < 1.29 is 39.8 Å². The summed E-state index contributed by atoms with van der Waals surface area (Å²) in [5, 5.41) is 54.6. The number of allylic oxidation sites excluding steroid dienone is 2. The number of aliphatic hydroxyl groups is 5. The fourth-order valence-electron chi connectivity index (χ4n) is 8.98. The normalized spacial score (nSPS) is 20.1. The molecule has 0 spiro atoms. The van der Waals surface area contributed by atoms with Crippen molar-refractivity contribution >= 4 is 5.91 Å². The highest BCUT2D eigenvalue weighted by Gasteiger charge is 2.44. The quantitative estimate of drug-likeness (QED) is 0.0261. The van der Waals surface area contributed by atoms with E-state index >= 15 is 0 Å². The third kappa shape index (κ3) is 34.8. The average molecular weight is 896 g/mol. The first-order valence-corrected chi connectivity index (χ1v) is 27.4. The molecule has 0 radical (unpaired) electrons. The molecule has 1 heterocycles. The largest absolute Gasteiger partial charge is 0.394 e. The second-order valence-electron chi connectivity index (χ2n) is 19.4. The first kappa shape index (κ1) is 59.9. The molecule has 374 valence electrons. The summed E-state index contributed by atoms with van der Waals surface area (Å²) >= 11 is 0. The number of aliphatic hydroxyl groups excluding tert-OH is 5. The molecule has 0 aromatic carbocycles. The van der Waals surface area contributed by atoms with Gasteiger partial charge in [0.15, 0.2) is 6.29 Å². The molecular weight excluding hydrogens is 791 g/mol. The molecule has 9 nitrogen and oxygen atoms in total. The van der Waals surface area contributed by atoms with Gasteiger partial charge in [-0.25, -0.2) is 0 Å². The Hall–Kier alpha value is -1.07. The van der Waals surface area contributed by atoms with Gasteiger partial charge in [-0.1, -0.05) is 238 Å². The number of hydrogen-bond acceptors (Lipinski definition) is 8. The summed E-state index contributed by atoms with van der Waals surface area (Å²) in [6.07, 6.45) is 46.6. The lowest BCUT2D eigenvalue weighted by molar-refractivity contribution is -0.302. The molecule has 63 heavy (non-hydrogen) atoms. The highest BCUT2D eigenvalue weighted by atomic mass is 16.7. The highest BCUT2D eigenvalue weighted by Crippen LogP contribution is 2.23. The van der Waals surface area contributed by atoms with E-state index in [4.69, 9.17) is 9.47 Å². The third-order valence-electron chi connectivity index (χ3n) is 13.4. The van der Waals surface area contributed by atoms with Gasteiger partial charge in [0.2, 0.25) is 5.91 Å². The Bertz CT molecular complexity index is 997. The van der Waals surface area contributed by atoms with Crippen LogP contribution in [0.1, 0.15) is 271 Å². The van der Waals surface area contributed by atoms with E-state index in [1.807, 2.05) is 0 Å². The van der Waals surface area contributed by atoms with E-state index in [9.17, 15) is 30.3 Å². The fraction of sp³-hybridized carbons (Fsp3) is 0.944. The summed E-state index contributed by atoms with van der Waals surface area (Å²) < 4.78 is 11.3. The third-order valence-corrected chi connectivity index (χ3v) is 13.4. The lowest BCUT2D eigenvalue weighted by atomic mass is 9.99. The molecule has 7 unspecified atom stereocenters. The Morgan fingerprint density at radius 2 is 0.889 bits per heavy atom. The van der Waals surface area contributed by atoms with Gasteiger partial charge >= 0.3 is 0 Å². The van der Waals surface area contributed by atoms with E-state index in [0.29, 0.717) is 12.8 Å². The average Bonchev–Trinajstić information content (AvgIpc) is 3.28. The molecule has 6 N–H and O–H groups in total. The fourth-order valence-corrected chi connectivity index (χ4v) is 8.98. The molecule has 1 saturated heterocycles. The molecule has 1 fully saturated rings. The molecule has 0 saturated carbocycles. The van der Waals surface area contributed by atoms with Crippen molar-refractivity contribution in [3.63, 3.8) is 0 Å². The van der Waals surface area contributed by atoms with E-state index in [1.54, 1.807) is 0 Å². The van der Waals surface area contributed by atoms with E-state index in [2.05, 4.69) is 31.3 Å². The molecule has 7 atom stereocenters. The van der Waals surface area contributed by atoms with Crippen molar-refractivity contribution in [1.82, 2.24) is 5.32 Å². The van der Waals surface area contributed by atoms with Crippen LogP contribution < -0.4 is 5.32 Å². The van der Waals surface area contributed by atoms with Crippen LogP contribution in [0.2, 0.25) is 0 Å². The predicted molar refractivity (Wildman–Crippen MR) is 263 cm³/mol. The zero-order valence-corrected chi connectivity index (χ0v) is 41.4. The van der Waals surface area contributed by atoms with Gasteiger partial charge in [-0.05, 0) is 38.5 Å². The van der Waals surface area contributed by atoms with Crippen LogP contribution in [-0.4, -0.2) is 87.5 Å². The second-order valence-corrected chi connectivity index (χ2v) is 19.4. The van der Waals surface area contributed by atoms with Crippen molar-refractivity contribution in [1.29, 1.82) is 0 Å². The minimum atomic E-state index is -1.55. The standard InChI is InChI=1S/C54H105NO8/c1-3-5-7-9-11-13-15-17-19-20-21-22-23-24-25-26-27-28-30-31-33-35-37-39-41-43-48(57)47(46-62-54-53(61)52(60)51(59)49(45-56)63-54)55-50(58)44-42-40-38-36-34-32-29-18-16-14-12-10-8-6-4-2/h18,29,47-49,51-54,56-57,59-61H,3-17,19-28,30-46H2,1-2H3,(H,55,58)/b29-18-. The van der Waals surface area contributed by atoms with Gasteiger partial charge in [0.1, 0.15) is 24.4 Å². The van der Waals surface area contributed by atoms with Gasteiger partial charge in [0, 0.05) is 6.42 Å². The topological polar surface area (TPSA) is 149 Å². The summed E-state index contributed by atoms with van der Waals surface area (Å²) in [7, 11) is 0. The maximum Gasteiger partial charge on any atom is 0.220 e. The van der Waals surface area contributed by atoms with E-state index < -0.39 is 49.5 Å². The van der Waals surface area contributed by atoms with Gasteiger partial charge in [-0.2, -0.15) is 0 Å². The van der Waals surface area contributed by atoms with E-state index in [-0.39, 0.29) is 12.5 Å². The van der Waals surface area contributed by atoms with Crippen LogP contribution in [-0.2, 0) is 14.3 Å². The molecular formula is C54H105NO8. The van der Waals surface area contributed by atoms with Crippen molar-refractivity contribution in [2.75, 3.05) is 13.2 Å². The monoisotopic (exact) mass is 896 g/mol. The van der Waals surface area contributed by atoms with E-state index in [0.717, 1.165) is 51.4 Å². The number of amides is 1. The maximum absolute atomic E-state index is 13.0. The summed E-state index contributed by atoms with van der Waals surface area (Å²) in [4.78, 5) is 13.0. The first-order chi connectivity index (χ1) is 30.8. The van der Waals surface area contributed by atoms with Crippen LogP contribution in [0.5, 0.6) is 0 Å². The summed E-state index contributed by atoms with van der Waals surface area (Å²) in [6, 6.07) is -0.720. The lowest BCUT2D eigenvalue weighted by Gasteiger charge is -2.40. The number of unbranched alkanes of at least 4 members (excludes halogenated alkanes) is 35. The predicted octanol–water partition coefficient (Wildman–Crippen LogP) is 12.8. The SMILES string of the molecule is CCCCCCCC/C=C\CCCCCCCC(=O)NC(COC1OC(CO)C(O)C(O)C1O)C(O)CCCCCCCCCCCCCCCCCCCCCCCCCCC. The van der Waals surface area contributed by atoms with Gasteiger partial charge < -0.3 is 40.3 Å².